The van der Waals surface area contributed by atoms with Crippen LogP contribution in [0.5, 0.6) is 0 Å². The number of hydrogen-bond donors (Lipinski definition) is 1. The zero-order valence-electron chi connectivity index (χ0n) is 11.2. The van der Waals surface area contributed by atoms with Gasteiger partial charge >= 0.3 is 0 Å². The van der Waals surface area contributed by atoms with Crippen LogP contribution in [0.2, 0.25) is 0 Å². The molecule has 2 heterocycles. The van der Waals surface area contributed by atoms with Crippen LogP contribution in [0.15, 0.2) is 6.33 Å². The molecule has 0 radical (unpaired) electrons. The van der Waals surface area contributed by atoms with Crippen LogP contribution in [0.1, 0.15) is 34.3 Å². The van der Waals surface area contributed by atoms with E-state index in [0.717, 1.165) is 17.8 Å². The molecule has 0 spiro atoms. The van der Waals surface area contributed by atoms with Gasteiger partial charge in [0.1, 0.15) is 12.9 Å². The maximum absolute atomic E-state index is 11.8. The third-order valence-corrected chi connectivity index (χ3v) is 4.47. The van der Waals surface area contributed by atoms with Gasteiger partial charge in [-0.1, -0.05) is 0 Å². The lowest BCUT2D eigenvalue weighted by Gasteiger charge is -2.21. The van der Waals surface area contributed by atoms with Gasteiger partial charge in [0, 0.05) is 17.3 Å². The van der Waals surface area contributed by atoms with Crippen LogP contribution in [0.25, 0.3) is 0 Å². The maximum Gasteiger partial charge on any atom is 0.241 e. The summed E-state index contributed by atoms with van der Waals surface area (Å²) >= 11 is 1.78. The fourth-order valence-electron chi connectivity index (χ4n) is 2.52. The van der Waals surface area contributed by atoms with E-state index in [0.29, 0.717) is 12.5 Å². The van der Waals surface area contributed by atoms with E-state index in [1.54, 1.807) is 11.3 Å². The van der Waals surface area contributed by atoms with E-state index in [1.165, 1.54) is 28.0 Å². The van der Waals surface area contributed by atoms with Crippen LogP contribution in [-0.4, -0.2) is 37.6 Å². The molecular formula is C12H16N6OS. The Labute approximate surface area is 120 Å². The van der Waals surface area contributed by atoms with Gasteiger partial charge in [0.15, 0.2) is 0 Å². The Balaban J connectivity index is 1.57. The number of tetrazole rings is 1. The lowest BCUT2D eigenvalue weighted by atomic mass is 9.91. The van der Waals surface area contributed by atoms with E-state index in [4.69, 9.17) is 0 Å². The van der Waals surface area contributed by atoms with Crippen molar-refractivity contribution in [3.63, 3.8) is 0 Å². The molecule has 0 saturated carbocycles. The Morgan fingerprint density at radius 2 is 2.50 bits per heavy atom. The first-order chi connectivity index (χ1) is 9.72. The van der Waals surface area contributed by atoms with Crippen molar-refractivity contribution in [1.82, 2.24) is 30.5 Å². The van der Waals surface area contributed by atoms with E-state index >= 15 is 0 Å². The quantitative estimate of drug-likeness (QED) is 0.895. The van der Waals surface area contributed by atoms with Crippen LogP contribution in [0.3, 0.4) is 0 Å². The lowest BCUT2D eigenvalue weighted by Crippen LogP contribution is -2.32. The highest BCUT2D eigenvalue weighted by Crippen LogP contribution is 2.34. The van der Waals surface area contributed by atoms with Gasteiger partial charge in [0.25, 0.3) is 0 Å². The van der Waals surface area contributed by atoms with Crippen LogP contribution in [-0.2, 0) is 17.8 Å². The minimum Gasteiger partial charge on any atom is -0.354 e. The predicted octanol–water partition coefficient (Wildman–Crippen LogP) is 0.674. The number of aryl methyl sites for hydroxylation is 2. The minimum atomic E-state index is -0.0728. The number of fused-ring (bicyclic) bond motifs is 1. The van der Waals surface area contributed by atoms with Crippen molar-refractivity contribution >= 4 is 17.2 Å². The summed E-state index contributed by atoms with van der Waals surface area (Å²) in [7, 11) is 0. The molecular weight excluding hydrogens is 276 g/mol. The fourth-order valence-corrected chi connectivity index (χ4v) is 3.58. The molecule has 1 unspecified atom stereocenters. The summed E-state index contributed by atoms with van der Waals surface area (Å²) in [5.74, 6) is 0.262. The van der Waals surface area contributed by atoms with Gasteiger partial charge in [-0.3, -0.25) is 4.79 Å². The number of aromatic nitrogens is 5. The number of hydrogen-bond acceptors (Lipinski definition) is 6. The van der Waals surface area contributed by atoms with Gasteiger partial charge in [-0.05, 0) is 36.6 Å². The van der Waals surface area contributed by atoms with Crippen LogP contribution >= 0.6 is 11.3 Å². The Hall–Kier alpha value is -1.83. The number of nitrogens with zero attached hydrogens (tertiary/aromatic N) is 5. The maximum atomic E-state index is 11.8. The molecule has 20 heavy (non-hydrogen) atoms. The molecule has 0 aromatic carbocycles. The number of carbonyl (C=O) groups excluding carboxylic acids is 1. The van der Waals surface area contributed by atoms with Crippen LogP contribution < -0.4 is 5.32 Å². The van der Waals surface area contributed by atoms with Crippen LogP contribution in [0.4, 0.5) is 0 Å². The number of thiazole rings is 1. The molecule has 1 aliphatic rings. The van der Waals surface area contributed by atoms with Crippen molar-refractivity contribution in [3.8, 4) is 0 Å². The highest BCUT2D eigenvalue weighted by Gasteiger charge is 2.24. The fraction of sp³-hybridized carbons (Fsp3) is 0.583. The lowest BCUT2D eigenvalue weighted by molar-refractivity contribution is -0.121. The molecule has 106 valence electrons. The molecule has 0 saturated heterocycles. The first kappa shape index (κ1) is 13.2. The zero-order chi connectivity index (χ0) is 13.9. The first-order valence-electron chi connectivity index (χ1n) is 6.66. The molecule has 0 bridgehead atoms. The predicted molar refractivity (Wildman–Crippen MR) is 73.4 cm³/mol. The second-order valence-electron chi connectivity index (χ2n) is 4.94. The molecule has 0 fully saturated rings. The molecule has 1 aliphatic carbocycles. The van der Waals surface area contributed by atoms with Crippen molar-refractivity contribution in [3.05, 3.63) is 21.9 Å². The Morgan fingerprint density at radius 1 is 1.60 bits per heavy atom. The summed E-state index contributed by atoms with van der Waals surface area (Å²) in [6.07, 6.45) is 4.81. The highest BCUT2D eigenvalue weighted by atomic mass is 32.1. The van der Waals surface area contributed by atoms with E-state index in [-0.39, 0.29) is 12.5 Å². The molecule has 1 atom stereocenters. The van der Waals surface area contributed by atoms with Crippen molar-refractivity contribution in [2.24, 2.45) is 0 Å². The largest absolute Gasteiger partial charge is 0.354 e. The van der Waals surface area contributed by atoms with Crippen molar-refractivity contribution < 1.29 is 4.79 Å². The van der Waals surface area contributed by atoms with E-state index in [9.17, 15) is 4.79 Å². The molecule has 2 aromatic heterocycles. The third-order valence-electron chi connectivity index (χ3n) is 3.42. The summed E-state index contributed by atoms with van der Waals surface area (Å²) in [5.41, 5.74) is 1.18. The molecule has 1 N–H and O–H groups in total. The van der Waals surface area contributed by atoms with E-state index < -0.39 is 0 Å². The second-order valence-corrected chi connectivity index (χ2v) is 6.23. The third kappa shape index (κ3) is 2.84. The average molecular weight is 292 g/mol. The molecule has 8 heteroatoms. The normalized spacial score (nSPS) is 17.8. The number of nitrogens with one attached hydrogen (secondary N) is 1. The van der Waals surface area contributed by atoms with Gasteiger partial charge in [-0.2, -0.15) is 0 Å². The summed E-state index contributed by atoms with van der Waals surface area (Å²) in [6, 6.07) is 0. The average Bonchev–Trinajstić information content (AvgIpc) is 3.04. The summed E-state index contributed by atoms with van der Waals surface area (Å²) in [4.78, 5) is 17.8. The van der Waals surface area contributed by atoms with Crippen molar-refractivity contribution in [1.29, 1.82) is 0 Å². The van der Waals surface area contributed by atoms with Gasteiger partial charge in [0.2, 0.25) is 5.91 Å². The van der Waals surface area contributed by atoms with Gasteiger partial charge in [-0.25, -0.2) is 9.67 Å². The second kappa shape index (κ2) is 5.66. The van der Waals surface area contributed by atoms with Gasteiger partial charge in [-0.15, -0.1) is 16.4 Å². The van der Waals surface area contributed by atoms with E-state index in [1.807, 2.05) is 6.92 Å². The van der Waals surface area contributed by atoms with Gasteiger partial charge < -0.3 is 5.32 Å². The molecule has 2 aromatic rings. The number of carbonyl (C=O) groups is 1. The molecule has 0 aliphatic heterocycles. The molecule has 7 nitrogen and oxygen atoms in total. The Morgan fingerprint density at radius 3 is 3.30 bits per heavy atom. The molecule has 1 amide bonds. The Bertz CT molecular complexity index is 593. The summed E-state index contributed by atoms with van der Waals surface area (Å²) < 4.78 is 1.41. The van der Waals surface area contributed by atoms with Crippen molar-refractivity contribution in [2.75, 3.05) is 6.54 Å². The summed E-state index contributed by atoms with van der Waals surface area (Å²) in [5, 5.41) is 14.7. The minimum absolute atomic E-state index is 0.0728. The van der Waals surface area contributed by atoms with Crippen LogP contribution in [0, 0.1) is 6.92 Å². The van der Waals surface area contributed by atoms with E-state index in [2.05, 4.69) is 25.8 Å². The first-order valence-corrected chi connectivity index (χ1v) is 7.47. The number of amides is 1. The van der Waals surface area contributed by atoms with Gasteiger partial charge in [0.05, 0.1) is 10.7 Å². The zero-order valence-corrected chi connectivity index (χ0v) is 12.1. The number of rotatable bonds is 4. The monoisotopic (exact) mass is 292 g/mol. The highest BCUT2D eigenvalue weighted by molar-refractivity contribution is 7.11. The molecule has 3 rings (SSSR count). The smallest absolute Gasteiger partial charge is 0.241 e. The summed E-state index contributed by atoms with van der Waals surface area (Å²) in [6.45, 7) is 2.83. The Kier molecular flexibility index (Phi) is 3.72. The SMILES string of the molecule is Cc1nc2c(s1)CCCC2CNC(=O)Cn1cnnn1. The standard InChI is InChI=1S/C12H16N6OS/c1-8-15-12-9(3-2-4-10(12)20-8)5-13-11(19)6-18-7-14-16-17-18/h7,9H,2-6H2,1H3,(H,13,19). The van der Waals surface area contributed by atoms with Crippen molar-refractivity contribution in [2.45, 2.75) is 38.6 Å². The topological polar surface area (TPSA) is 85.6 Å².